The van der Waals surface area contributed by atoms with Crippen molar-refractivity contribution in [1.29, 1.82) is 0 Å². The van der Waals surface area contributed by atoms with Crippen LogP contribution in [0.5, 0.6) is 0 Å². The number of hydrogen-bond acceptors (Lipinski definition) is 3. The summed E-state index contributed by atoms with van der Waals surface area (Å²) >= 11 is 0. The zero-order valence-electron chi connectivity index (χ0n) is 9.14. The molecule has 0 saturated carbocycles. The predicted molar refractivity (Wildman–Crippen MR) is 57.3 cm³/mol. The number of carboxylic acid groups (broad SMARTS) is 1. The Balaban J connectivity index is 2.38. The van der Waals surface area contributed by atoms with E-state index in [-0.39, 0.29) is 12.1 Å². The maximum absolute atomic E-state index is 11.6. The van der Waals surface area contributed by atoms with Crippen molar-refractivity contribution in [3.8, 4) is 0 Å². The van der Waals surface area contributed by atoms with E-state index in [1.54, 1.807) is 0 Å². The third-order valence-corrected chi connectivity index (χ3v) is 2.89. The van der Waals surface area contributed by atoms with E-state index in [1.165, 1.54) is 6.07 Å². The fourth-order valence-electron chi connectivity index (χ4n) is 2.06. The minimum Gasteiger partial charge on any atom is -0.480 e. The third-order valence-electron chi connectivity index (χ3n) is 2.89. The summed E-state index contributed by atoms with van der Waals surface area (Å²) in [4.78, 5) is 22.1. The highest BCUT2D eigenvalue weighted by atomic mass is 16.4. The van der Waals surface area contributed by atoms with Gasteiger partial charge in [0, 0.05) is 6.07 Å². The van der Waals surface area contributed by atoms with Crippen LogP contribution in [0.2, 0.25) is 0 Å². The Kier molecular flexibility index (Phi) is 2.77. The van der Waals surface area contributed by atoms with Gasteiger partial charge in [-0.15, -0.1) is 0 Å². The minimum atomic E-state index is -1.04. The van der Waals surface area contributed by atoms with Crippen LogP contribution in [0.25, 0.3) is 0 Å². The van der Waals surface area contributed by atoms with Crippen molar-refractivity contribution in [2.24, 2.45) is 5.92 Å². The van der Waals surface area contributed by atoms with Gasteiger partial charge in [0.25, 0.3) is 5.56 Å². The third kappa shape index (κ3) is 2.13. The van der Waals surface area contributed by atoms with E-state index < -0.39 is 5.97 Å². The first kappa shape index (κ1) is 10.9. The summed E-state index contributed by atoms with van der Waals surface area (Å²) in [7, 11) is 0. The molecule has 1 aliphatic carbocycles. The van der Waals surface area contributed by atoms with Gasteiger partial charge >= 0.3 is 5.97 Å². The molecule has 5 heteroatoms. The molecule has 0 aliphatic heterocycles. The first-order chi connectivity index (χ1) is 7.56. The molecule has 1 aliphatic rings. The molecule has 1 heterocycles. The van der Waals surface area contributed by atoms with Crippen LogP contribution in [0.15, 0.2) is 10.9 Å². The number of aromatic nitrogens is 2. The quantitative estimate of drug-likeness (QED) is 0.788. The minimum absolute atomic E-state index is 0.324. The molecule has 0 aromatic carbocycles. The summed E-state index contributed by atoms with van der Waals surface area (Å²) in [5.41, 5.74) is 1.53. The van der Waals surface area contributed by atoms with Crippen molar-refractivity contribution >= 4 is 5.97 Å². The van der Waals surface area contributed by atoms with Gasteiger partial charge in [0.15, 0.2) is 0 Å². The van der Waals surface area contributed by atoms with Gasteiger partial charge < -0.3 is 5.11 Å². The maximum Gasteiger partial charge on any atom is 0.325 e. The molecule has 0 unspecified atom stereocenters. The fraction of sp³-hybridized carbons (Fsp3) is 0.545. The second-order valence-electron chi connectivity index (χ2n) is 4.35. The van der Waals surface area contributed by atoms with Crippen molar-refractivity contribution in [1.82, 2.24) is 9.78 Å². The Morgan fingerprint density at radius 3 is 3.12 bits per heavy atom. The van der Waals surface area contributed by atoms with Crippen molar-refractivity contribution in [3.05, 3.63) is 27.7 Å². The number of aryl methyl sites for hydroxylation is 1. The fourth-order valence-corrected chi connectivity index (χ4v) is 2.06. The molecule has 1 N–H and O–H groups in total. The van der Waals surface area contributed by atoms with Crippen LogP contribution in [0.4, 0.5) is 0 Å². The molecule has 0 fully saturated rings. The molecule has 1 atom stereocenters. The highest BCUT2D eigenvalue weighted by molar-refractivity contribution is 5.66. The van der Waals surface area contributed by atoms with Gasteiger partial charge in [-0.3, -0.25) is 9.59 Å². The molecule has 16 heavy (non-hydrogen) atoms. The second-order valence-corrected chi connectivity index (χ2v) is 4.35. The van der Waals surface area contributed by atoms with Crippen molar-refractivity contribution in [2.45, 2.75) is 32.7 Å². The Morgan fingerprint density at radius 2 is 2.44 bits per heavy atom. The molecule has 0 spiro atoms. The number of carboxylic acids is 1. The van der Waals surface area contributed by atoms with E-state index in [1.807, 2.05) is 0 Å². The van der Waals surface area contributed by atoms with Crippen molar-refractivity contribution in [2.75, 3.05) is 0 Å². The lowest BCUT2D eigenvalue weighted by molar-refractivity contribution is -0.138. The lowest BCUT2D eigenvalue weighted by atomic mass is 9.88. The summed E-state index contributed by atoms with van der Waals surface area (Å²) in [6, 6.07) is 1.53. The lowest BCUT2D eigenvalue weighted by Gasteiger charge is -2.20. The van der Waals surface area contributed by atoms with Gasteiger partial charge in [-0.25, -0.2) is 4.68 Å². The largest absolute Gasteiger partial charge is 0.480 e. The highest BCUT2D eigenvalue weighted by Gasteiger charge is 2.18. The number of aliphatic carboxylic acids is 1. The standard InChI is InChI=1S/C11H14N2O3/c1-7-2-3-9-8(4-7)5-10(14)13(12-9)6-11(15)16/h5,7H,2-4,6H2,1H3,(H,15,16)/t7-/m0/s1. The molecule has 5 nitrogen and oxygen atoms in total. The average Bonchev–Trinajstić information content (AvgIpc) is 2.19. The van der Waals surface area contributed by atoms with Crippen molar-refractivity contribution < 1.29 is 9.90 Å². The topological polar surface area (TPSA) is 72.2 Å². The molecular weight excluding hydrogens is 208 g/mol. The first-order valence-corrected chi connectivity index (χ1v) is 5.38. The molecule has 1 aromatic rings. The summed E-state index contributed by atoms with van der Waals surface area (Å²) in [5.74, 6) is -0.470. The summed E-state index contributed by atoms with van der Waals surface area (Å²) in [6.45, 7) is 1.79. The Hall–Kier alpha value is -1.65. The van der Waals surface area contributed by atoms with Gasteiger partial charge in [0.05, 0.1) is 5.69 Å². The molecular formula is C11H14N2O3. The molecule has 0 radical (unpaired) electrons. The zero-order chi connectivity index (χ0) is 11.7. The number of hydrogen-bond donors (Lipinski definition) is 1. The Labute approximate surface area is 92.7 Å². The number of carbonyl (C=O) groups is 1. The monoisotopic (exact) mass is 222 g/mol. The molecule has 2 rings (SSSR count). The SMILES string of the molecule is C[C@H]1CCc2nn(CC(=O)O)c(=O)cc2C1. The molecule has 1 aromatic heterocycles. The lowest BCUT2D eigenvalue weighted by Crippen LogP contribution is -2.30. The van der Waals surface area contributed by atoms with Gasteiger partial charge in [-0.1, -0.05) is 6.92 Å². The van der Waals surface area contributed by atoms with Crippen LogP contribution in [-0.4, -0.2) is 20.9 Å². The van der Waals surface area contributed by atoms with Gasteiger partial charge in [-0.2, -0.15) is 5.10 Å². The van der Waals surface area contributed by atoms with Crippen LogP contribution >= 0.6 is 0 Å². The van der Waals surface area contributed by atoms with Gasteiger partial charge in [-0.05, 0) is 30.7 Å². The average molecular weight is 222 g/mol. The Morgan fingerprint density at radius 1 is 1.69 bits per heavy atom. The summed E-state index contributed by atoms with van der Waals surface area (Å²) < 4.78 is 1.02. The van der Waals surface area contributed by atoms with Crippen LogP contribution in [0, 0.1) is 5.92 Å². The van der Waals surface area contributed by atoms with Crippen LogP contribution in [0.3, 0.4) is 0 Å². The molecule has 0 saturated heterocycles. The predicted octanol–water partition coefficient (Wildman–Crippen LogP) is 0.453. The summed E-state index contributed by atoms with van der Waals surface area (Å²) in [5, 5.41) is 12.7. The van der Waals surface area contributed by atoms with Crippen LogP contribution in [-0.2, 0) is 24.2 Å². The first-order valence-electron chi connectivity index (χ1n) is 5.38. The number of rotatable bonds is 2. The zero-order valence-corrected chi connectivity index (χ0v) is 9.14. The van der Waals surface area contributed by atoms with E-state index >= 15 is 0 Å². The number of fused-ring (bicyclic) bond motifs is 1. The van der Waals surface area contributed by atoms with Crippen LogP contribution < -0.4 is 5.56 Å². The van der Waals surface area contributed by atoms with Gasteiger partial charge in [0.2, 0.25) is 0 Å². The van der Waals surface area contributed by atoms with Crippen molar-refractivity contribution in [3.63, 3.8) is 0 Å². The molecule has 0 bridgehead atoms. The number of nitrogens with zero attached hydrogens (tertiary/aromatic N) is 2. The van der Waals surface area contributed by atoms with Gasteiger partial charge in [0.1, 0.15) is 6.54 Å². The van der Waals surface area contributed by atoms with E-state index in [0.29, 0.717) is 5.92 Å². The maximum atomic E-state index is 11.6. The van der Waals surface area contributed by atoms with E-state index in [9.17, 15) is 9.59 Å². The van der Waals surface area contributed by atoms with Crippen LogP contribution in [0.1, 0.15) is 24.6 Å². The van der Waals surface area contributed by atoms with E-state index in [0.717, 1.165) is 35.2 Å². The highest BCUT2D eigenvalue weighted by Crippen LogP contribution is 2.21. The summed E-state index contributed by atoms with van der Waals surface area (Å²) in [6.07, 6.45) is 2.74. The molecule has 0 amide bonds. The Bertz CT molecular complexity index is 479. The van der Waals surface area contributed by atoms with E-state index in [4.69, 9.17) is 5.11 Å². The normalized spacial score (nSPS) is 19.2. The molecule has 86 valence electrons. The second kappa shape index (κ2) is 4.08. The smallest absolute Gasteiger partial charge is 0.325 e. The van der Waals surface area contributed by atoms with E-state index in [2.05, 4.69) is 12.0 Å².